The number of halogens is 2. The highest BCUT2D eigenvalue weighted by molar-refractivity contribution is 14.1. The summed E-state index contributed by atoms with van der Waals surface area (Å²) in [5, 5.41) is 0.472. The first-order valence-corrected chi connectivity index (χ1v) is 13.9. The molecule has 0 bridgehead atoms. The summed E-state index contributed by atoms with van der Waals surface area (Å²) in [6, 6.07) is 12.0. The van der Waals surface area contributed by atoms with Gasteiger partial charge >= 0.3 is 6.09 Å². The maximum absolute atomic E-state index is 15.1. The molecule has 2 heterocycles. The lowest BCUT2D eigenvalue weighted by Crippen LogP contribution is -2.48. The average Bonchev–Trinajstić information content (AvgIpc) is 3.11. The van der Waals surface area contributed by atoms with E-state index in [1.54, 1.807) is 45.0 Å². The molecule has 1 fully saturated rings. The van der Waals surface area contributed by atoms with Crippen molar-refractivity contribution in [2.45, 2.75) is 50.2 Å². The van der Waals surface area contributed by atoms with Gasteiger partial charge in [-0.15, -0.1) is 0 Å². The maximum atomic E-state index is 15.1. The third-order valence-electron chi connectivity index (χ3n) is 5.96. The first-order valence-electron chi connectivity index (χ1n) is 11.4. The third-order valence-corrected chi connectivity index (χ3v) is 8.82. The number of hydrogen-bond acceptors (Lipinski definition) is 5. The Morgan fingerprint density at radius 3 is 2.34 bits per heavy atom. The molecule has 10 heteroatoms. The van der Waals surface area contributed by atoms with E-state index in [-0.39, 0.29) is 16.5 Å². The molecule has 1 aromatic heterocycles. The number of amides is 1. The molecule has 1 aliphatic rings. The molecule has 7 nitrogen and oxygen atoms in total. The van der Waals surface area contributed by atoms with Crippen LogP contribution in [0.5, 0.6) is 0 Å². The van der Waals surface area contributed by atoms with E-state index in [9.17, 15) is 13.2 Å². The minimum atomic E-state index is -3.99. The van der Waals surface area contributed by atoms with Crippen LogP contribution < -0.4 is 4.90 Å². The monoisotopic (exact) mass is 613 g/mol. The van der Waals surface area contributed by atoms with Gasteiger partial charge in [-0.05, 0) is 107 Å². The van der Waals surface area contributed by atoms with Crippen molar-refractivity contribution < 1.29 is 22.3 Å². The number of ether oxygens (including phenoxy) is 1. The van der Waals surface area contributed by atoms with Crippen molar-refractivity contribution in [1.82, 2.24) is 8.87 Å². The second-order valence-corrected chi connectivity index (χ2v) is 12.7. The van der Waals surface area contributed by atoms with Crippen molar-refractivity contribution in [1.29, 1.82) is 0 Å². The second kappa shape index (κ2) is 9.70. The molecule has 0 atom stereocenters. The number of hydrogen-bond donors (Lipinski definition) is 0. The van der Waals surface area contributed by atoms with E-state index < -0.39 is 27.5 Å². The zero-order chi connectivity index (χ0) is 25.5. The SMILES string of the molecule is CN1CCC(N(C(=O)OC(C)(C)C)c2cc(F)cc3c2cc(I)n3S(=O)(=O)c2ccccc2)CC1. The van der Waals surface area contributed by atoms with Crippen LogP contribution in [0.1, 0.15) is 33.6 Å². The average molecular weight is 613 g/mol. The molecule has 3 aromatic rings. The smallest absolute Gasteiger partial charge is 0.415 e. The van der Waals surface area contributed by atoms with Gasteiger partial charge in [0.05, 0.1) is 19.8 Å². The summed E-state index contributed by atoms with van der Waals surface area (Å²) < 4.78 is 49.3. The fraction of sp³-hybridized carbons (Fsp3) is 0.400. The molecule has 0 spiro atoms. The molecule has 0 radical (unpaired) electrons. The lowest BCUT2D eigenvalue weighted by molar-refractivity contribution is 0.0551. The van der Waals surface area contributed by atoms with E-state index in [0.29, 0.717) is 27.6 Å². The van der Waals surface area contributed by atoms with E-state index in [1.165, 1.54) is 29.2 Å². The van der Waals surface area contributed by atoms with Crippen LogP contribution in [0, 0.1) is 9.52 Å². The minimum Gasteiger partial charge on any atom is -0.443 e. The third kappa shape index (κ3) is 5.34. The minimum absolute atomic E-state index is 0.0977. The Labute approximate surface area is 219 Å². The summed E-state index contributed by atoms with van der Waals surface area (Å²) in [5.41, 5.74) is -0.261. The predicted octanol–water partition coefficient (Wildman–Crippen LogP) is 5.46. The summed E-state index contributed by atoms with van der Waals surface area (Å²) >= 11 is 1.93. The zero-order valence-electron chi connectivity index (χ0n) is 20.2. The highest BCUT2D eigenvalue weighted by Gasteiger charge is 2.34. The number of carbonyl (C=O) groups is 1. The van der Waals surface area contributed by atoms with Crippen molar-refractivity contribution in [3.63, 3.8) is 0 Å². The van der Waals surface area contributed by atoms with E-state index in [4.69, 9.17) is 4.74 Å². The van der Waals surface area contributed by atoms with Gasteiger partial charge in [0.1, 0.15) is 11.4 Å². The van der Waals surface area contributed by atoms with Gasteiger partial charge in [0, 0.05) is 11.4 Å². The molecule has 1 saturated heterocycles. The molecular weight excluding hydrogens is 584 g/mol. The zero-order valence-corrected chi connectivity index (χ0v) is 23.1. The van der Waals surface area contributed by atoms with Gasteiger partial charge in [-0.25, -0.2) is 21.6 Å². The van der Waals surface area contributed by atoms with E-state index in [1.807, 2.05) is 29.6 Å². The number of nitrogens with zero attached hydrogens (tertiary/aromatic N) is 3. The lowest BCUT2D eigenvalue weighted by atomic mass is 10.0. The van der Waals surface area contributed by atoms with Crippen LogP contribution in [0.4, 0.5) is 14.9 Å². The Bertz CT molecular complexity index is 1340. The summed E-state index contributed by atoms with van der Waals surface area (Å²) in [4.78, 5) is 17.2. The number of piperidine rings is 1. The molecular formula is C25H29FIN3O4S. The number of fused-ring (bicyclic) bond motifs is 1. The van der Waals surface area contributed by atoms with Crippen molar-refractivity contribution in [3.8, 4) is 0 Å². The van der Waals surface area contributed by atoms with Gasteiger partial charge in [0.25, 0.3) is 10.0 Å². The molecule has 2 aromatic carbocycles. The molecule has 0 saturated carbocycles. The molecule has 0 unspecified atom stereocenters. The van der Waals surface area contributed by atoms with Crippen LogP contribution in [0.25, 0.3) is 10.9 Å². The Morgan fingerprint density at radius 2 is 1.74 bits per heavy atom. The predicted molar refractivity (Wildman–Crippen MR) is 143 cm³/mol. The van der Waals surface area contributed by atoms with Crippen LogP contribution in [0.2, 0.25) is 0 Å². The Kier molecular flexibility index (Phi) is 7.18. The molecule has 1 aliphatic heterocycles. The molecule has 0 N–H and O–H groups in total. The summed E-state index contributed by atoms with van der Waals surface area (Å²) in [5.74, 6) is -0.631. The highest BCUT2D eigenvalue weighted by Crippen LogP contribution is 2.37. The molecule has 188 valence electrons. The number of rotatable bonds is 4. The number of anilines is 1. The fourth-order valence-electron chi connectivity index (χ4n) is 4.35. The fourth-order valence-corrected chi connectivity index (χ4v) is 7.10. The molecule has 35 heavy (non-hydrogen) atoms. The largest absolute Gasteiger partial charge is 0.443 e. The quantitative estimate of drug-likeness (QED) is 0.366. The van der Waals surface area contributed by atoms with Crippen LogP contribution in [-0.2, 0) is 14.8 Å². The molecule has 4 rings (SSSR count). The molecule has 1 amide bonds. The van der Waals surface area contributed by atoms with Gasteiger partial charge in [-0.1, -0.05) is 18.2 Å². The van der Waals surface area contributed by atoms with Gasteiger partial charge in [-0.2, -0.15) is 0 Å². The number of aromatic nitrogens is 1. The van der Waals surface area contributed by atoms with Crippen molar-refractivity contribution in [2.75, 3.05) is 25.0 Å². The lowest BCUT2D eigenvalue weighted by Gasteiger charge is -2.38. The van der Waals surface area contributed by atoms with Crippen molar-refractivity contribution in [2.24, 2.45) is 0 Å². The Morgan fingerprint density at radius 1 is 1.11 bits per heavy atom. The van der Waals surface area contributed by atoms with Gasteiger partial charge in [-0.3, -0.25) is 4.90 Å². The molecule has 0 aliphatic carbocycles. The number of likely N-dealkylation sites (tertiary alicyclic amines) is 1. The van der Waals surface area contributed by atoms with Gasteiger partial charge in [0.15, 0.2) is 0 Å². The number of carbonyl (C=O) groups excluding carboxylic acids is 1. The topological polar surface area (TPSA) is 71.8 Å². The van der Waals surface area contributed by atoms with Crippen LogP contribution >= 0.6 is 22.6 Å². The van der Waals surface area contributed by atoms with E-state index >= 15 is 4.39 Å². The van der Waals surface area contributed by atoms with Crippen LogP contribution in [0.3, 0.4) is 0 Å². The summed E-state index contributed by atoms with van der Waals surface area (Å²) in [7, 11) is -1.97. The summed E-state index contributed by atoms with van der Waals surface area (Å²) in [6.45, 7) is 6.91. The highest BCUT2D eigenvalue weighted by atomic mass is 127. The van der Waals surface area contributed by atoms with Gasteiger partial charge < -0.3 is 9.64 Å². The first-order chi connectivity index (χ1) is 16.4. The van der Waals surface area contributed by atoms with Crippen LogP contribution in [-0.4, -0.2) is 55.2 Å². The standard InChI is InChI=1S/C25H29FIN3O4S/c1-25(2,3)34-24(31)29(18-10-12-28(4)13-11-18)21-14-17(26)15-22-20(21)16-23(27)30(22)35(32,33)19-8-6-5-7-9-19/h5-9,14-16,18H,10-13H2,1-4H3. The van der Waals surface area contributed by atoms with E-state index in [0.717, 1.165) is 17.1 Å². The Hall–Kier alpha value is -2.18. The number of benzene rings is 2. The van der Waals surface area contributed by atoms with Crippen molar-refractivity contribution >= 4 is 55.3 Å². The first kappa shape index (κ1) is 25.9. The second-order valence-electron chi connectivity index (χ2n) is 9.79. The van der Waals surface area contributed by atoms with Crippen LogP contribution in [0.15, 0.2) is 53.4 Å². The maximum Gasteiger partial charge on any atom is 0.415 e. The van der Waals surface area contributed by atoms with Gasteiger partial charge in [0.2, 0.25) is 0 Å². The summed E-state index contributed by atoms with van der Waals surface area (Å²) in [6.07, 6.45) is 0.800. The normalized spacial score (nSPS) is 15.9. The van der Waals surface area contributed by atoms with Crippen molar-refractivity contribution in [3.05, 3.63) is 58.0 Å². The Balaban J connectivity index is 1.91. The van der Waals surface area contributed by atoms with E-state index in [2.05, 4.69) is 4.90 Å².